The second-order valence-corrected chi connectivity index (χ2v) is 10.4. The SMILES string of the molecule is Cc1ccc2c(c1)[C@H]1CN(C)CC[C@@H]1N2C(=O)COc1ccc(-c2nc3ccccc3s2)cc1. The maximum atomic E-state index is 13.4. The Labute approximate surface area is 203 Å². The third kappa shape index (κ3) is 3.77. The smallest absolute Gasteiger partial charge is 0.265 e. The van der Waals surface area contributed by atoms with Crippen molar-refractivity contribution in [1.29, 1.82) is 0 Å². The number of hydrogen-bond donors (Lipinski definition) is 0. The van der Waals surface area contributed by atoms with E-state index in [9.17, 15) is 4.79 Å². The van der Waals surface area contributed by atoms with Gasteiger partial charge in [-0.3, -0.25) is 4.79 Å². The Bertz CT molecular complexity index is 1330. The van der Waals surface area contributed by atoms with Gasteiger partial charge in [-0.05, 0) is 75.0 Å². The van der Waals surface area contributed by atoms with Crippen LogP contribution in [-0.4, -0.2) is 48.6 Å². The third-order valence-electron chi connectivity index (χ3n) is 6.98. The highest BCUT2D eigenvalue weighted by Gasteiger charge is 2.43. The summed E-state index contributed by atoms with van der Waals surface area (Å²) in [5, 5.41) is 0.987. The van der Waals surface area contributed by atoms with Gasteiger partial charge in [0.25, 0.3) is 5.91 Å². The Morgan fingerprint density at radius 1 is 1.12 bits per heavy atom. The summed E-state index contributed by atoms with van der Waals surface area (Å²) in [6.45, 7) is 4.14. The molecule has 2 aliphatic heterocycles. The van der Waals surface area contributed by atoms with Crippen molar-refractivity contribution in [3.8, 4) is 16.3 Å². The molecule has 6 rings (SSSR count). The van der Waals surface area contributed by atoms with Crippen LogP contribution in [-0.2, 0) is 4.79 Å². The van der Waals surface area contributed by atoms with Crippen LogP contribution in [0.25, 0.3) is 20.8 Å². The summed E-state index contributed by atoms with van der Waals surface area (Å²) < 4.78 is 7.13. The van der Waals surface area contributed by atoms with Gasteiger partial charge in [0.05, 0.1) is 10.2 Å². The van der Waals surface area contributed by atoms with Crippen molar-refractivity contribution in [1.82, 2.24) is 9.88 Å². The number of likely N-dealkylation sites (tertiary alicyclic amines) is 1. The lowest BCUT2D eigenvalue weighted by molar-refractivity contribution is -0.121. The number of para-hydroxylation sites is 1. The molecule has 0 spiro atoms. The zero-order chi connectivity index (χ0) is 23.2. The first kappa shape index (κ1) is 21.3. The quantitative estimate of drug-likeness (QED) is 0.397. The summed E-state index contributed by atoms with van der Waals surface area (Å²) in [4.78, 5) is 22.5. The molecule has 34 heavy (non-hydrogen) atoms. The number of aromatic nitrogens is 1. The van der Waals surface area contributed by atoms with E-state index in [0.29, 0.717) is 11.7 Å². The number of thiazole rings is 1. The molecular weight excluding hydrogens is 442 g/mol. The van der Waals surface area contributed by atoms with Crippen LogP contribution in [0, 0.1) is 6.92 Å². The Morgan fingerprint density at radius 2 is 1.94 bits per heavy atom. The summed E-state index contributed by atoms with van der Waals surface area (Å²) in [7, 11) is 2.16. The van der Waals surface area contributed by atoms with Crippen LogP contribution in [0.3, 0.4) is 0 Å². The highest BCUT2D eigenvalue weighted by molar-refractivity contribution is 7.21. The first-order valence-corrected chi connectivity index (χ1v) is 12.6. The van der Waals surface area contributed by atoms with Gasteiger partial charge in [0.15, 0.2) is 6.61 Å². The van der Waals surface area contributed by atoms with E-state index in [0.717, 1.165) is 41.3 Å². The molecule has 0 aliphatic carbocycles. The van der Waals surface area contributed by atoms with E-state index in [2.05, 4.69) is 43.1 Å². The number of piperidine rings is 1. The van der Waals surface area contributed by atoms with Crippen LogP contribution >= 0.6 is 11.3 Å². The standard InChI is InChI=1S/C28H27N3O2S/c1-18-7-12-24-21(15-18)22-16-30(2)14-13-25(22)31(24)27(32)17-33-20-10-8-19(9-11-20)28-29-23-5-3-4-6-26(23)34-28/h3-12,15,22,25H,13-14,16-17H2,1-2H3/t22-,25+/m1/s1. The van der Waals surface area contributed by atoms with Crippen LogP contribution in [0.5, 0.6) is 5.75 Å². The van der Waals surface area contributed by atoms with Gasteiger partial charge < -0.3 is 14.5 Å². The predicted octanol–water partition coefficient (Wildman–Crippen LogP) is 5.49. The normalized spacial score (nSPS) is 19.8. The zero-order valence-corrected chi connectivity index (χ0v) is 20.2. The highest BCUT2D eigenvalue weighted by atomic mass is 32.1. The predicted molar refractivity (Wildman–Crippen MR) is 138 cm³/mol. The van der Waals surface area contributed by atoms with Crippen molar-refractivity contribution in [2.75, 3.05) is 31.6 Å². The Balaban J connectivity index is 1.18. The largest absolute Gasteiger partial charge is 0.484 e. The summed E-state index contributed by atoms with van der Waals surface area (Å²) in [5.41, 5.74) is 5.66. The Morgan fingerprint density at radius 3 is 2.76 bits per heavy atom. The molecule has 3 aromatic carbocycles. The molecule has 0 radical (unpaired) electrons. The highest BCUT2D eigenvalue weighted by Crippen LogP contribution is 2.45. The molecule has 0 unspecified atom stereocenters. The van der Waals surface area contributed by atoms with Crippen molar-refractivity contribution in [2.24, 2.45) is 0 Å². The summed E-state index contributed by atoms with van der Waals surface area (Å²) >= 11 is 1.68. The molecule has 4 aromatic rings. The molecule has 172 valence electrons. The second-order valence-electron chi connectivity index (χ2n) is 9.35. The van der Waals surface area contributed by atoms with E-state index in [1.54, 1.807) is 11.3 Å². The number of carbonyl (C=O) groups is 1. The molecule has 3 heterocycles. The van der Waals surface area contributed by atoms with Crippen LogP contribution in [0.2, 0.25) is 0 Å². The summed E-state index contributed by atoms with van der Waals surface area (Å²) in [5.74, 6) is 1.09. The first-order valence-electron chi connectivity index (χ1n) is 11.8. The fraction of sp³-hybridized carbons (Fsp3) is 0.286. The lowest BCUT2D eigenvalue weighted by Crippen LogP contribution is -2.48. The monoisotopic (exact) mass is 469 g/mol. The molecule has 0 bridgehead atoms. The molecule has 1 amide bonds. The van der Waals surface area contributed by atoms with Crippen molar-refractivity contribution in [3.63, 3.8) is 0 Å². The molecule has 1 saturated heterocycles. The number of ether oxygens (including phenoxy) is 1. The average Bonchev–Trinajstić information content (AvgIpc) is 3.42. The van der Waals surface area contributed by atoms with Gasteiger partial charge in [-0.1, -0.05) is 29.8 Å². The number of carbonyl (C=O) groups excluding carboxylic acids is 1. The van der Waals surface area contributed by atoms with Crippen LogP contribution in [0.4, 0.5) is 5.69 Å². The van der Waals surface area contributed by atoms with E-state index in [1.807, 2.05) is 47.4 Å². The molecule has 1 fully saturated rings. The number of aryl methyl sites for hydroxylation is 1. The van der Waals surface area contributed by atoms with E-state index in [1.165, 1.54) is 15.8 Å². The number of nitrogens with zero attached hydrogens (tertiary/aromatic N) is 3. The minimum atomic E-state index is 0.0254. The minimum Gasteiger partial charge on any atom is -0.484 e. The molecule has 2 atom stereocenters. The molecule has 1 aromatic heterocycles. The van der Waals surface area contributed by atoms with Gasteiger partial charge in [0.2, 0.25) is 0 Å². The average molecular weight is 470 g/mol. The molecule has 6 heteroatoms. The second kappa shape index (κ2) is 8.53. The third-order valence-corrected chi connectivity index (χ3v) is 8.06. The van der Waals surface area contributed by atoms with Gasteiger partial charge in [-0.15, -0.1) is 11.3 Å². The Kier molecular flexibility index (Phi) is 5.35. The summed E-state index contributed by atoms with van der Waals surface area (Å²) in [6, 6.07) is 22.7. The summed E-state index contributed by atoms with van der Waals surface area (Å²) in [6.07, 6.45) is 0.984. The zero-order valence-electron chi connectivity index (χ0n) is 19.4. The number of benzene rings is 3. The molecule has 0 saturated carbocycles. The molecular formula is C28H27N3O2S. The fourth-order valence-corrected chi connectivity index (χ4v) is 6.28. The van der Waals surface area contributed by atoms with E-state index >= 15 is 0 Å². The van der Waals surface area contributed by atoms with E-state index in [4.69, 9.17) is 9.72 Å². The van der Waals surface area contributed by atoms with E-state index in [-0.39, 0.29) is 18.6 Å². The number of amides is 1. The van der Waals surface area contributed by atoms with Crippen molar-refractivity contribution in [3.05, 3.63) is 77.9 Å². The minimum absolute atomic E-state index is 0.0254. The van der Waals surface area contributed by atoms with Gasteiger partial charge >= 0.3 is 0 Å². The number of fused-ring (bicyclic) bond motifs is 4. The number of rotatable bonds is 4. The fourth-order valence-electron chi connectivity index (χ4n) is 5.31. The molecule has 0 N–H and O–H groups in total. The van der Waals surface area contributed by atoms with Gasteiger partial charge in [-0.2, -0.15) is 0 Å². The maximum absolute atomic E-state index is 13.4. The van der Waals surface area contributed by atoms with Gasteiger partial charge in [-0.25, -0.2) is 4.98 Å². The number of hydrogen-bond acceptors (Lipinski definition) is 5. The van der Waals surface area contributed by atoms with Crippen LogP contribution in [0.1, 0.15) is 23.5 Å². The lowest BCUT2D eigenvalue weighted by Gasteiger charge is -2.36. The van der Waals surface area contributed by atoms with E-state index < -0.39 is 0 Å². The Hall–Kier alpha value is -3.22. The maximum Gasteiger partial charge on any atom is 0.265 e. The van der Waals surface area contributed by atoms with Gasteiger partial charge in [0.1, 0.15) is 10.8 Å². The molecule has 2 aliphatic rings. The number of likely N-dealkylation sites (N-methyl/N-ethyl adjacent to an activating group) is 1. The first-order chi connectivity index (χ1) is 16.6. The van der Waals surface area contributed by atoms with Crippen molar-refractivity contribution in [2.45, 2.75) is 25.3 Å². The van der Waals surface area contributed by atoms with Gasteiger partial charge in [0, 0.05) is 29.8 Å². The molecule has 5 nitrogen and oxygen atoms in total. The van der Waals surface area contributed by atoms with Crippen molar-refractivity contribution < 1.29 is 9.53 Å². The lowest BCUT2D eigenvalue weighted by atomic mass is 9.89. The van der Waals surface area contributed by atoms with Crippen molar-refractivity contribution >= 4 is 33.1 Å². The topological polar surface area (TPSA) is 45.7 Å². The van der Waals surface area contributed by atoms with Crippen LogP contribution in [0.15, 0.2) is 66.7 Å². The van der Waals surface area contributed by atoms with Crippen LogP contribution < -0.4 is 9.64 Å². The number of anilines is 1.